The highest BCUT2D eigenvalue weighted by Crippen LogP contribution is 2.12. The molecule has 0 saturated carbocycles. The van der Waals surface area contributed by atoms with Crippen LogP contribution < -0.4 is 10.6 Å². The summed E-state index contributed by atoms with van der Waals surface area (Å²) in [4.78, 5) is 10.0. The lowest BCUT2D eigenvalue weighted by atomic mass is 10.4. The minimum absolute atomic E-state index is 0. The van der Waals surface area contributed by atoms with Gasteiger partial charge in [0.25, 0.3) is 0 Å². The maximum atomic E-state index is 5.54. The molecule has 0 unspecified atom stereocenters. The van der Waals surface area contributed by atoms with Gasteiger partial charge in [-0.2, -0.15) is 0 Å². The summed E-state index contributed by atoms with van der Waals surface area (Å²) in [6.07, 6.45) is 3.33. The zero-order valence-corrected chi connectivity index (χ0v) is 17.0. The van der Waals surface area contributed by atoms with Crippen molar-refractivity contribution in [1.29, 1.82) is 0 Å². The monoisotopic (exact) mass is 440 g/mol. The molecule has 1 aromatic heterocycles. The summed E-state index contributed by atoms with van der Waals surface area (Å²) >= 11 is 1.66. The van der Waals surface area contributed by atoms with Gasteiger partial charge in [0.15, 0.2) is 5.96 Å². The van der Waals surface area contributed by atoms with Crippen LogP contribution in [-0.2, 0) is 11.3 Å². The number of guanidine groups is 1. The largest absolute Gasteiger partial charge is 0.381 e. The summed E-state index contributed by atoms with van der Waals surface area (Å²) < 4.78 is 5.54. The lowest BCUT2D eigenvalue weighted by Gasteiger charge is -2.11. The van der Waals surface area contributed by atoms with Gasteiger partial charge in [0.2, 0.25) is 0 Å². The third-order valence-electron chi connectivity index (χ3n) is 2.97. The molecule has 0 aromatic carbocycles. The number of thiazole rings is 1. The Balaban J connectivity index is 0.00000441. The maximum absolute atomic E-state index is 5.54. The molecule has 0 bridgehead atoms. The first-order valence-electron chi connectivity index (χ1n) is 7.76. The van der Waals surface area contributed by atoms with Gasteiger partial charge < -0.3 is 15.4 Å². The van der Waals surface area contributed by atoms with Gasteiger partial charge in [-0.25, -0.2) is 9.98 Å². The second kappa shape index (κ2) is 14.2. The molecule has 0 aliphatic rings. The van der Waals surface area contributed by atoms with E-state index in [1.54, 1.807) is 11.3 Å². The molecule has 5 nitrogen and oxygen atoms in total. The van der Waals surface area contributed by atoms with Crippen molar-refractivity contribution in [3.05, 3.63) is 16.1 Å². The molecular formula is C15H29IN4OS. The van der Waals surface area contributed by atoms with Gasteiger partial charge in [-0.3, -0.25) is 0 Å². The van der Waals surface area contributed by atoms with Gasteiger partial charge in [0.1, 0.15) is 0 Å². The number of aromatic nitrogens is 1. The fraction of sp³-hybridized carbons (Fsp3) is 0.733. The van der Waals surface area contributed by atoms with Gasteiger partial charge in [0.05, 0.1) is 17.7 Å². The van der Waals surface area contributed by atoms with Gasteiger partial charge in [-0.15, -0.1) is 35.3 Å². The topological polar surface area (TPSA) is 58.5 Å². The molecule has 0 aliphatic carbocycles. The van der Waals surface area contributed by atoms with E-state index in [0.717, 1.165) is 50.8 Å². The van der Waals surface area contributed by atoms with Crippen LogP contribution in [0.5, 0.6) is 0 Å². The Labute approximate surface area is 155 Å². The first-order chi connectivity index (χ1) is 10.3. The molecule has 128 valence electrons. The number of unbranched alkanes of at least 4 members (excludes halogenated alkanes) is 1. The van der Waals surface area contributed by atoms with Crippen LogP contribution in [-0.4, -0.2) is 37.2 Å². The molecule has 0 saturated heterocycles. The highest BCUT2D eigenvalue weighted by molar-refractivity contribution is 14.0. The highest BCUT2D eigenvalue weighted by atomic mass is 127. The second-order valence-corrected chi connectivity index (χ2v) is 5.74. The predicted octanol–water partition coefficient (Wildman–Crippen LogP) is 3.33. The van der Waals surface area contributed by atoms with Gasteiger partial charge in [-0.05, 0) is 26.7 Å². The lowest BCUT2D eigenvalue weighted by Crippen LogP contribution is -2.38. The molecule has 1 heterocycles. The quantitative estimate of drug-likeness (QED) is 0.254. The molecule has 0 amide bonds. The van der Waals surface area contributed by atoms with Gasteiger partial charge >= 0.3 is 0 Å². The van der Waals surface area contributed by atoms with Crippen LogP contribution in [0.2, 0.25) is 0 Å². The first kappa shape index (κ1) is 21.6. The van der Waals surface area contributed by atoms with E-state index in [1.807, 2.05) is 12.4 Å². The maximum Gasteiger partial charge on any atom is 0.191 e. The van der Waals surface area contributed by atoms with Crippen molar-refractivity contribution in [2.45, 2.75) is 46.6 Å². The zero-order valence-electron chi connectivity index (χ0n) is 13.9. The highest BCUT2D eigenvalue weighted by Gasteiger charge is 2.01. The summed E-state index contributed by atoms with van der Waals surface area (Å²) in [6, 6.07) is 0. The molecule has 1 aromatic rings. The summed E-state index contributed by atoms with van der Waals surface area (Å²) in [6.45, 7) is 10.4. The van der Waals surface area contributed by atoms with E-state index in [2.05, 4.69) is 34.5 Å². The average molecular weight is 440 g/mol. The van der Waals surface area contributed by atoms with Crippen LogP contribution in [0.1, 0.15) is 43.7 Å². The summed E-state index contributed by atoms with van der Waals surface area (Å²) in [7, 11) is 0. The molecule has 0 fully saturated rings. The summed E-state index contributed by atoms with van der Waals surface area (Å²) in [5.74, 6) is 0.860. The standard InChI is InChI=1S/C15H28N4OS.HI/c1-4-6-9-20-10-7-8-17-15(16-5-2)18-11-14-13(3)19-12-21-14;/h12H,4-11H2,1-3H3,(H2,16,17,18);1H. The Hall–Kier alpha value is -0.410. The van der Waals surface area contributed by atoms with E-state index in [9.17, 15) is 0 Å². The smallest absolute Gasteiger partial charge is 0.191 e. The van der Waals surface area contributed by atoms with Gasteiger partial charge in [0, 0.05) is 31.2 Å². The molecule has 0 aliphatic heterocycles. The van der Waals surface area contributed by atoms with Crippen molar-refractivity contribution in [2.75, 3.05) is 26.3 Å². The number of aliphatic imine (C=N–C) groups is 1. The van der Waals surface area contributed by atoms with E-state index >= 15 is 0 Å². The number of nitrogens with zero attached hydrogens (tertiary/aromatic N) is 2. The number of hydrogen-bond donors (Lipinski definition) is 2. The number of aryl methyl sites for hydroxylation is 1. The van der Waals surface area contributed by atoms with Crippen molar-refractivity contribution >= 4 is 41.3 Å². The van der Waals surface area contributed by atoms with Crippen molar-refractivity contribution in [3.63, 3.8) is 0 Å². The van der Waals surface area contributed by atoms with Crippen molar-refractivity contribution in [1.82, 2.24) is 15.6 Å². The van der Waals surface area contributed by atoms with Crippen LogP contribution in [0, 0.1) is 6.92 Å². The van der Waals surface area contributed by atoms with E-state index in [4.69, 9.17) is 4.74 Å². The lowest BCUT2D eigenvalue weighted by molar-refractivity contribution is 0.129. The molecule has 0 atom stereocenters. The number of nitrogens with one attached hydrogen (secondary N) is 2. The van der Waals surface area contributed by atoms with E-state index in [-0.39, 0.29) is 24.0 Å². The normalized spacial score (nSPS) is 11.1. The number of rotatable bonds is 10. The van der Waals surface area contributed by atoms with E-state index in [0.29, 0.717) is 6.54 Å². The van der Waals surface area contributed by atoms with Crippen LogP contribution in [0.25, 0.3) is 0 Å². The average Bonchev–Trinajstić information content (AvgIpc) is 2.89. The molecule has 1 rings (SSSR count). The summed E-state index contributed by atoms with van der Waals surface area (Å²) in [5.41, 5.74) is 2.94. The Morgan fingerprint density at radius 3 is 2.68 bits per heavy atom. The fourth-order valence-corrected chi connectivity index (χ4v) is 2.40. The Morgan fingerprint density at radius 1 is 1.27 bits per heavy atom. The summed E-state index contributed by atoms with van der Waals surface area (Å²) in [5, 5.41) is 6.59. The third kappa shape index (κ3) is 9.58. The van der Waals surface area contributed by atoms with Crippen LogP contribution in [0.4, 0.5) is 0 Å². The molecule has 22 heavy (non-hydrogen) atoms. The second-order valence-electron chi connectivity index (χ2n) is 4.80. The van der Waals surface area contributed by atoms with Crippen molar-refractivity contribution in [2.24, 2.45) is 4.99 Å². The van der Waals surface area contributed by atoms with Gasteiger partial charge in [-0.1, -0.05) is 13.3 Å². The Bertz CT molecular complexity index is 412. The van der Waals surface area contributed by atoms with Crippen molar-refractivity contribution < 1.29 is 4.74 Å². The molecule has 0 spiro atoms. The SMILES string of the molecule is CCCCOCCCNC(=NCc1scnc1C)NCC.I. The van der Waals surface area contributed by atoms with Crippen LogP contribution in [0.3, 0.4) is 0 Å². The number of hydrogen-bond acceptors (Lipinski definition) is 4. The number of ether oxygens (including phenoxy) is 1. The van der Waals surface area contributed by atoms with Crippen LogP contribution in [0.15, 0.2) is 10.5 Å². The molecular weight excluding hydrogens is 411 g/mol. The predicted molar refractivity (Wildman–Crippen MR) is 105 cm³/mol. The minimum atomic E-state index is 0. The minimum Gasteiger partial charge on any atom is -0.381 e. The van der Waals surface area contributed by atoms with E-state index in [1.165, 1.54) is 11.3 Å². The van der Waals surface area contributed by atoms with Crippen LogP contribution >= 0.6 is 35.3 Å². The zero-order chi connectivity index (χ0) is 15.3. The fourth-order valence-electron chi connectivity index (χ4n) is 1.70. The Morgan fingerprint density at radius 2 is 2.05 bits per heavy atom. The molecule has 7 heteroatoms. The third-order valence-corrected chi connectivity index (χ3v) is 3.89. The molecule has 2 N–H and O–H groups in total. The number of halogens is 1. The van der Waals surface area contributed by atoms with Crippen molar-refractivity contribution in [3.8, 4) is 0 Å². The molecule has 0 radical (unpaired) electrons. The van der Waals surface area contributed by atoms with E-state index < -0.39 is 0 Å². The first-order valence-corrected chi connectivity index (χ1v) is 8.64. The Kier molecular flexibility index (Phi) is 13.9.